The number of benzene rings is 1. The van der Waals surface area contributed by atoms with Gasteiger partial charge in [0.1, 0.15) is 11.5 Å². The van der Waals surface area contributed by atoms with Gasteiger partial charge in [0, 0.05) is 38.7 Å². The molecule has 1 aliphatic heterocycles. The zero-order valence-corrected chi connectivity index (χ0v) is 19.9. The van der Waals surface area contributed by atoms with Gasteiger partial charge in [-0.25, -0.2) is 4.99 Å². The molecule has 1 amide bonds. The molecule has 3 rings (SSSR count). The SMILES string of the molecule is CN(C)C(=O)CNC(=NCc1cc2c(cc1OC(F)F)OCO2)NCCc1ccco1.I. The normalized spacial score (nSPS) is 12.3. The van der Waals surface area contributed by atoms with Gasteiger partial charge in [-0.15, -0.1) is 24.0 Å². The molecule has 0 radical (unpaired) electrons. The second kappa shape index (κ2) is 12.3. The number of furan rings is 1. The summed E-state index contributed by atoms with van der Waals surface area (Å²) in [6, 6.07) is 6.55. The minimum Gasteiger partial charge on any atom is -0.469 e. The number of nitrogens with zero attached hydrogens (tertiary/aromatic N) is 2. The molecule has 1 aromatic heterocycles. The van der Waals surface area contributed by atoms with Crippen LogP contribution in [0.25, 0.3) is 0 Å². The summed E-state index contributed by atoms with van der Waals surface area (Å²) in [5.74, 6) is 1.68. The average molecular weight is 566 g/mol. The Morgan fingerprint density at radius 1 is 1.25 bits per heavy atom. The smallest absolute Gasteiger partial charge is 0.387 e. The van der Waals surface area contributed by atoms with E-state index in [0.29, 0.717) is 36.0 Å². The van der Waals surface area contributed by atoms with Gasteiger partial charge in [-0.1, -0.05) is 0 Å². The van der Waals surface area contributed by atoms with Crippen LogP contribution in [0.15, 0.2) is 39.9 Å². The highest BCUT2D eigenvalue weighted by Crippen LogP contribution is 2.39. The number of hydrogen-bond acceptors (Lipinski definition) is 6. The monoisotopic (exact) mass is 566 g/mol. The number of rotatable bonds is 9. The third-order valence-electron chi connectivity index (χ3n) is 4.33. The summed E-state index contributed by atoms with van der Waals surface area (Å²) >= 11 is 0. The third kappa shape index (κ3) is 7.43. The quantitative estimate of drug-likeness (QED) is 0.274. The predicted octanol–water partition coefficient (Wildman–Crippen LogP) is 2.59. The van der Waals surface area contributed by atoms with Crippen LogP contribution in [-0.4, -0.2) is 57.4 Å². The zero-order valence-electron chi connectivity index (χ0n) is 17.6. The minimum atomic E-state index is -3.00. The molecule has 1 aliphatic rings. The van der Waals surface area contributed by atoms with Crippen LogP contribution < -0.4 is 24.8 Å². The molecule has 176 valence electrons. The van der Waals surface area contributed by atoms with Crippen molar-refractivity contribution in [1.29, 1.82) is 0 Å². The summed E-state index contributed by atoms with van der Waals surface area (Å²) in [6.45, 7) is -2.49. The summed E-state index contributed by atoms with van der Waals surface area (Å²) in [5.41, 5.74) is 0.385. The number of alkyl halides is 2. The van der Waals surface area contributed by atoms with E-state index in [4.69, 9.17) is 13.9 Å². The van der Waals surface area contributed by atoms with E-state index in [1.165, 1.54) is 11.0 Å². The molecule has 2 heterocycles. The van der Waals surface area contributed by atoms with Crippen LogP contribution >= 0.6 is 24.0 Å². The highest BCUT2D eigenvalue weighted by molar-refractivity contribution is 14.0. The van der Waals surface area contributed by atoms with Gasteiger partial charge >= 0.3 is 6.61 Å². The molecule has 0 unspecified atom stereocenters. The fourth-order valence-corrected chi connectivity index (χ4v) is 2.71. The number of aliphatic imine (C=N–C) groups is 1. The number of likely N-dealkylation sites (N-methyl/N-ethyl adjacent to an activating group) is 1. The summed E-state index contributed by atoms with van der Waals surface area (Å²) in [5, 5.41) is 6.03. The molecule has 0 bridgehead atoms. The number of amides is 1. The predicted molar refractivity (Wildman–Crippen MR) is 123 cm³/mol. The van der Waals surface area contributed by atoms with Crippen LogP contribution in [0, 0.1) is 0 Å². The Labute approximate surface area is 201 Å². The number of nitrogens with one attached hydrogen (secondary N) is 2. The highest BCUT2D eigenvalue weighted by Gasteiger charge is 2.20. The number of hydrogen-bond donors (Lipinski definition) is 2. The molecule has 0 spiro atoms. The number of carbonyl (C=O) groups is 1. The molecule has 2 N–H and O–H groups in total. The molecule has 0 atom stereocenters. The Bertz CT molecular complexity index is 910. The Morgan fingerprint density at radius 2 is 2.00 bits per heavy atom. The second-order valence-electron chi connectivity index (χ2n) is 6.75. The molecule has 0 fully saturated rings. The maximum atomic E-state index is 12.8. The van der Waals surface area contributed by atoms with E-state index in [2.05, 4.69) is 20.4 Å². The maximum Gasteiger partial charge on any atom is 0.387 e. The number of halogens is 3. The van der Waals surface area contributed by atoms with Crippen molar-refractivity contribution in [3.05, 3.63) is 41.9 Å². The lowest BCUT2D eigenvalue weighted by molar-refractivity contribution is -0.127. The topological polar surface area (TPSA) is 97.6 Å². The average Bonchev–Trinajstić information content (AvgIpc) is 3.40. The van der Waals surface area contributed by atoms with Gasteiger partial charge in [-0.05, 0) is 18.2 Å². The van der Waals surface area contributed by atoms with Gasteiger partial charge in [-0.3, -0.25) is 4.79 Å². The van der Waals surface area contributed by atoms with E-state index in [9.17, 15) is 13.6 Å². The Morgan fingerprint density at radius 3 is 2.66 bits per heavy atom. The van der Waals surface area contributed by atoms with E-state index < -0.39 is 6.61 Å². The Kier molecular flexibility index (Phi) is 9.81. The summed E-state index contributed by atoms with van der Waals surface area (Å²) < 4.78 is 46.1. The lowest BCUT2D eigenvalue weighted by Gasteiger charge is -2.15. The van der Waals surface area contributed by atoms with Crippen molar-refractivity contribution in [1.82, 2.24) is 15.5 Å². The van der Waals surface area contributed by atoms with E-state index in [1.54, 1.807) is 32.5 Å². The van der Waals surface area contributed by atoms with Crippen LogP contribution in [0.4, 0.5) is 8.78 Å². The molecular weight excluding hydrogens is 541 g/mol. The van der Waals surface area contributed by atoms with Crippen molar-refractivity contribution in [2.24, 2.45) is 4.99 Å². The molecule has 12 heteroatoms. The van der Waals surface area contributed by atoms with Crippen molar-refractivity contribution >= 4 is 35.8 Å². The summed E-state index contributed by atoms with van der Waals surface area (Å²) in [7, 11) is 3.29. The van der Waals surface area contributed by atoms with Crippen molar-refractivity contribution in [3.63, 3.8) is 0 Å². The van der Waals surface area contributed by atoms with Crippen molar-refractivity contribution in [2.45, 2.75) is 19.6 Å². The van der Waals surface area contributed by atoms with E-state index in [-0.39, 0.29) is 55.5 Å². The second-order valence-corrected chi connectivity index (χ2v) is 6.75. The van der Waals surface area contributed by atoms with Crippen molar-refractivity contribution in [2.75, 3.05) is 34.0 Å². The zero-order chi connectivity index (χ0) is 22.2. The first-order valence-electron chi connectivity index (χ1n) is 9.54. The van der Waals surface area contributed by atoms with Gasteiger partial charge in [0.05, 0.1) is 19.4 Å². The van der Waals surface area contributed by atoms with E-state index >= 15 is 0 Å². The van der Waals surface area contributed by atoms with Gasteiger partial charge < -0.3 is 34.2 Å². The molecule has 0 aliphatic carbocycles. The lowest BCUT2D eigenvalue weighted by Crippen LogP contribution is -2.43. The highest BCUT2D eigenvalue weighted by atomic mass is 127. The third-order valence-corrected chi connectivity index (χ3v) is 4.33. The number of fused-ring (bicyclic) bond motifs is 1. The molecular formula is C20H25F2IN4O5. The molecule has 32 heavy (non-hydrogen) atoms. The van der Waals surface area contributed by atoms with Crippen molar-refractivity contribution in [3.8, 4) is 17.2 Å². The first kappa shape index (κ1) is 25.5. The van der Waals surface area contributed by atoms with Gasteiger partial charge in [0.2, 0.25) is 12.7 Å². The van der Waals surface area contributed by atoms with Gasteiger partial charge in [-0.2, -0.15) is 8.78 Å². The Balaban J connectivity index is 0.00000363. The molecule has 0 saturated carbocycles. The lowest BCUT2D eigenvalue weighted by atomic mass is 10.1. The van der Waals surface area contributed by atoms with E-state index in [0.717, 1.165) is 5.76 Å². The number of guanidine groups is 1. The van der Waals surface area contributed by atoms with Crippen LogP contribution in [0.2, 0.25) is 0 Å². The summed E-state index contributed by atoms with van der Waals surface area (Å²) in [6.07, 6.45) is 2.18. The molecule has 2 aromatic rings. The standard InChI is InChI=1S/C20H24F2N4O5.HI/c1-26(2)18(27)11-25-20(23-6-5-14-4-3-7-28-14)24-10-13-8-16-17(30-12-29-16)9-15(13)31-19(21)22;/h3-4,7-9,19H,5-6,10-12H2,1-2H3,(H2,23,24,25);1H. The first-order chi connectivity index (χ1) is 14.9. The van der Waals surface area contributed by atoms with Crippen LogP contribution in [-0.2, 0) is 17.8 Å². The van der Waals surface area contributed by atoms with Crippen LogP contribution in [0.3, 0.4) is 0 Å². The first-order valence-corrected chi connectivity index (χ1v) is 9.54. The summed E-state index contributed by atoms with van der Waals surface area (Å²) in [4.78, 5) is 17.8. The number of carbonyl (C=O) groups excluding carboxylic acids is 1. The van der Waals surface area contributed by atoms with Crippen molar-refractivity contribution < 1.29 is 32.2 Å². The van der Waals surface area contributed by atoms with Crippen LogP contribution in [0.5, 0.6) is 17.2 Å². The molecule has 0 saturated heterocycles. The minimum absolute atomic E-state index is 0. The number of ether oxygens (including phenoxy) is 3. The fourth-order valence-electron chi connectivity index (χ4n) is 2.71. The van der Waals surface area contributed by atoms with Crippen LogP contribution in [0.1, 0.15) is 11.3 Å². The molecule has 1 aromatic carbocycles. The largest absolute Gasteiger partial charge is 0.469 e. The molecule has 9 nitrogen and oxygen atoms in total. The fraction of sp³-hybridized carbons (Fsp3) is 0.400. The van der Waals surface area contributed by atoms with Gasteiger partial charge in [0.25, 0.3) is 0 Å². The van der Waals surface area contributed by atoms with Gasteiger partial charge in [0.15, 0.2) is 17.5 Å². The maximum absolute atomic E-state index is 12.8. The Hall–Kier alpha value is -2.77. The van der Waals surface area contributed by atoms with E-state index in [1.807, 2.05) is 6.07 Å².